The van der Waals surface area contributed by atoms with Crippen LogP contribution in [0.2, 0.25) is 0 Å². The van der Waals surface area contributed by atoms with Crippen molar-refractivity contribution in [3.05, 3.63) is 0 Å². The molecule has 0 spiro atoms. The van der Waals surface area contributed by atoms with E-state index < -0.39 is 0 Å². The lowest BCUT2D eigenvalue weighted by Gasteiger charge is -2.05. The highest BCUT2D eigenvalue weighted by Crippen LogP contribution is 2.12. The SMILES string of the molecule is CC.CN1CC[C@@H](C(N)=O)C1. The summed E-state index contributed by atoms with van der Waals surface area (Å²) < 4.78 is 0. The monoisotopic (exact) mass is 158 g/mol. The fourth-order valence-electron chi connectivity index (χ4n) is 1.17. The third-order valence-electron chi connectivity index (χ3n) is 1.79. The van der Waals surface area contributed by atoms with Gasteiger partial charge in [-0.25, -0.2) is 0 Å². The van der Waals surface area contributed by atoms with Crippen molar-refractivity contribution in [2.75, 3.05) is 20.1 Å². The van der Waals surface area contributed by atoms with E-state index in [1.165, 1.54) is 0 Å². The summed E-state index contributed by atoms with van der Waals surface area (Å²) in [5, 5.41) is 0. The van der Waals surface area contributed by atoms with Crippen molar-refractivity contribution in [2.45, 2.75) is 20.3 Å². The molecule has 1 heterocycles. The van der Waals surface area contributed by atoms with Gasteiger partial charge in [0.2, 0.25) is 5.91 Å². The Labute approximate surface area is 68.6 Å². The predicted molar refractivity (Wildman–Crippen MR) is 46.1 cm³/mol. The first kappa shape index (κ1) is 10.4. The summed E-state index contributed by atoms with van der Waals surface area (Å²) in [4.78, 5) is 12.7. The smallest absolute Gasteiger partial charge is 0.221 e. The first-order valence-corrected chi connectivity index (χ1v) is 4.18. The fourth-order valence-corrected chi connectivity index (χ4v) is 1.17. The second kappa shape index (κ2) is 5.13. The number of rotatable bonds is 1. The molecule has 0 aromatic heterocycles. The zero-order chi connectivity index (χ0) is 8.85. The van der Waals surface area contributed by atoms with Crippen LogP contribution in [0.15, 0.2) is 0 Å². The normalized spacial score (nSPS) is 24.1. The number of carbonyl (C=O) groups is 1. The van der Waals surface area contributed by atoms with Crippen LogP contribution in [0, 0.1) is 5.92 Å². The van der Waals surface area contributed by atoms with Crippen LogP contribution in [0.5, 0.6) is 0 Å². The Bertz CT molecular complexity index is 125. The largest absolute Gasteiger partial charge is 0.369 e. The maximum Gasteiger partial charge on any atom is 0.221 e. The van der Waals surface area contributed by atoms with E-state index >= 15 is 0 Å². The molecule has 0 bridgehead atoms. The highest BCUT2D eigenvalue weighted by Gasteiger charge is 2.23. The number of hydrogen-bond acceptors (Lipinski definition) is 2. The molecule has 0 aliphatic carbocycles. The third kappa shape index (κ3) is 3.37. The van der Waals surface area contributed by atoms with Crippen LogP contribution in [0.4, 0.5) is 0 Å². The predicted octanol–water partition coefficient (Wildman–Crippen LogP) is 0.450. The summed E-state index contributed by atoms with van der Waals surface area (Å²) in [7, 11) is 2.00. The summed E-state index contributed by atoms with van der Waals surface area (Å²) >= 11 is 0. The summed E-state index contributed by atoms with van der Waals surface area (Å²) in [6.07, 6.45) is 0.936. The van der Waals surface area contributed by atoms with Gasteiger partial charge in [0.25, 0.3) is 0 Å². The van der Waals surface area contributed by atoms with Gasteiger partial charge >= 0.3 is 0 Å². The van der Waals surface area contributed by atoms with Crippen molar-refractivity contribution < 1.29 is 4.79 Å². The molecule has 3 nitrogen and oxygen atoms in total. The Balaban J connectivity index is 0.000000461. The van der Waals surface area contributed by atoms with E-state index in [1.807, 2.05) is 20.9 Å². The van der Waals surface area contributed by atoms with E-state index in [0.717, 1.165) is 19.5 Å². The number of nitrogens with two attached hydrogens (primary N) is 1. The van der Waals surface area contributed by atoms with E-state index in [0.29, 0.717) is 0 Å². The van der Waals surface area contributed by atoms with Crippen molar-refractivity contribution in [3.63, 3.8) is 0 Å². The van der Waals surface area contributed by atoms with Crippen molar-refractivity contribution in [3.8, 4) is 0 Å². The molecule has 11 heavy (non-hydrogen) atoms. The van der Waals surface area contributed by atoms with Crippen molar-refractivity contribution in [1.82, 2.24) is 4.90 Å². The molecule has 2 N–H and O–H groups in total. The zero-order valence-corrected chi connectivity index (χ0v) is 7.63. The van der Waals surface area contributed by atoms with Crippen molar-refractivity contribution in [1.29, 1.82) is 0 Å². The van der Waals surface area contributed by atoms with E-state index in [1.54, 1.807) is 0 Å². The van der Waals surface area contributed by atoms with Gasteiger partial charge < -0.3 is 10.6 Å². The number of hydrogen-bond donors (Lipinski definition) is 1. The van der Waals surface area contributed by atoms with Gasteiger partial charge in [-0.15, -0.1) is 0 Å². The quantitative estimate of drug-likeness (QED) is 0.602. The topological polar surface area (TPSA) is 46.3 Å². The van der Waals surface area contributed by atoms with Crippen LogP contribution in [0.3, 0.4) is 0 Å². The molecule has 1 fully saturated rings. The summed E-state index contributed by atoms with van der Waals surface area (Å²) in [5.74, 6) is -0.0469. The Morgan fingerprint density at radius 3 is 2.27 bits per heavy atom. The second-order valence-corrected chi connectivity index (χ2v) is 2.65. The van der Waals surface area contributed by atoms with Crippen molar-refractivity contribution in [2.24, 2.45) is 11.7 Å². The molecular formula is C8H18N2O. The van der Waals surface area contributed by atoms with E-state index in [9.17, 15) is 4.79 Å². The molecule has 0 aromatic carbocycles. The van der Waals surface area contributed by atoms with Crippen LogP contribution in [0.1, 0.15) is 20.3 Å². The first-order chi connectivity index (χ1) is 5.20. The summed E-state index contributed by atoms with van der Waals surface area (Å²) in [6, 6.07) is 0. The number of carbonyl (C=O) groups excluding carboxylic acids is 1. The maximum atomic E-state index is 10.5. The fraction of sp³-hybridized carbons (Fsp3) is 0.875. The number of nitrogens with zero attached hydrogens (tertiary/aromatic N) is 1. The van der Waals surface area contributed by atoms with E-state index in [2.05, 4.69) is 4.90 Å². The number of primary amides is 1. The maximum absolute atomic E-state index is 10.5. The van der Waals surface area contributed by atoms with Crippen LogP contribution < -0.4 is 5.73 Å². The number of amides is 1. The molecule has 0 radical (unpaired) electrons. The summed E-state index contributed by atoms with van der Waals surface area (Å²) in [5.41, 5.74) is 5.09. The molecule has 66 valence electrons. The van der Waals surface area contributed by atoms with Crippen LogP contribution >= 0.6 is 0 Å². The standard InChI is InChI=1S/C6H12N2O.C2H6/c1-8-3-2-5(4-8)6(7)9;1-2/h5H,2-4H2,1H3,(H2,7,9);1-2H3/t5-;/m1./s1. The van der Waals surface area contributed by atoms with Crippen LogP contribution in [-0.2, 0) is 4.79 Å². The molecule has 1 amide bonds. The summed E-state index contributed by atoms with van der Waals surface area (Å²) in [6.45, 7) is 5.85. The highest BCUT2D eigenvalue weighted by molar-refractivity contribution is 5.77. The van der Waals surface area contributed by atoms with Gasteiger partial charge in [0.05, 0.1) is 5.92 Å². The Morgan fingerprint density at radius 2 is 2.09 bits per heavy atom. The third-order valence-corrected chi connectivity index (χ3v) is 1.79. The molecule has 0 saturated carbocycles. The molecule has 1 aliphatic rings. The van der Waals surface area contributed by atoms with Gasteiger partial charge in [0.15, 0.2) is 0 Å². The number of likely N-dealkylation sites (tertiary alicyclic amines) is 1. The molecule has 1 saturated heterocycles. The Morgan fingerprint density at radius 1 is 1.55 bits per heavy atom. The minimum Gasteiger partial charge on any atom is -0.369 e. The lowest BCUT2D eigenvalue weighted by atomic mass is 10.1. The molecular weight excluding hydrogens is 140 g/mol. The zero-order valence-electron chi connectivity index (χ0n) is 7.63. The first-order valence-electron chi connectivity index (χ1n) is 4.18. The van der Waals surface area contributed by atoms with Gasteiger partial charge in [-0.2, -0.15) is 0 Å². The van der Waals surface area contributed by atoms with E-state index in [4.69, 9.17) is 5.73 Å². The van der Waals surface area contributed by atoms with Gasteiger partial charge in [-0.05, 0) is 20.0 Å². The van der Waals surface area contributed by atoms with Gasteiger partial charge in [0.1, 0.15) is 0 Å². The van der Waals surface area contributed by atoms with Crippen LogP contribution in [-0.4, -0.2) is 30.9 Å². The average Bonchev–Trinajstić information content (AvgIpc) is 2.40. The van der Waals surface area contributed by atoms with Gasteiger partial charge in [-0.3, -0.25) is 4.79 Å². The van der Waals surface area contributed by atoms with Gasteiger partial charge in [0, 0.05) is 6.54 Å². The van der Waals surface area contributed by atoms with Gasteiger partial charge in [-0.1, -0.05) is 13.8 Å². The molecule has 0 unspecified atom stereocenters. The minimum atomic E-state index is -0.153. The van der Waals surface area contributed by atoms with Crippen LogP contribution in [0.25, 0.3) is 0 Å². The molecule has 1 rings (SSSR count). The minimum absolute atomic E-state index is 0.106. The average molecular weight is 158 g/mol. The lowest BCUT2D eigenvalue weighted by Crippen LogP contribution is -2.25. The molecule has 1 aliphatic heterocycles. The Hall–Kier alpha value is -0.570. The highest BCUT2D eigenvalue weighted by atomic mass is 16.1. The Kier molecular flexibility index (Phi) is 4.86. The van der Waals surface area contributed by atoms with Crippen molar-refractivity contribution >= 4 is 5.91 Å². The molecule has 0 aromatic rings. The molecule has 3 heteroatoms. The second-order valence-electron chi connectivity index (χ2n) is 2.65. The molecule has 1 atom stereocenters. The van der Waals surface area contributed by atoms with E-state index in [-0.39, 0.29) is 11.8 Å². The lowest BCUT2D eigenvalue weighted by molar-refractivity contribution is -0.121.